The normalized spacial score (nSPS) is 12.1. The molecule has 2 rings (SSSR count). The summed E-state index contributed by atoms with van der Waals surface area (Å²) in [5.41, 5.74) is 2.33. The molecule has 104 valence electrons. The van der Waals surface area contributed by atoms with Gasteiger partial charge < -0.3 is 9.30 Å². The molecule has 1 aromatic heterocycles. The zero-order chi connectivity index (χ0) is 14.0. The molecular formula is C15H21ClN2O. The van der Waals surface area contributed by atoms with Crippen LogP contribution >= 0.6 is 11.6 Å². The average Bonchev–Trinajstić information content (AvgIpc) is 2.65. The third kappa shape index (κ3) is 3.21. The molecule has 0 spiro atoms. The molecule has 3 nitrogen and oxygen atoms in total. The molecule has 2 aromatic rings. The van der Waals surface area contributed by atoms with Crippen LogP contribution < -0.4 is 4.74 Å². The molecule has 1 aromatic carbocycles. The van der Waals surface area contributed by atoms with E-state index in [2.05, 4.69) is 31.4 Å². The van der Waals surface area contributed by atoms with E-state index in [4.69, 9.17) is 21.3 Å². The molecule has 0 unspecified atom stereocenters. The van der Waals surface area contributed by atoms with Gasteiger partial charge in [-0.15, -0.1) is 11.6 Å². The minimum Gasteiger partial charge on any atom is -0.497 e. The number of hydrogen-bond donors (Lipinski definition) is 0. The molecule has 0 atom stereocenters. The van der Waals surface area contributed by atoms with Crippen molar-refractivity contribution >= 4 is 22.6 Å². The summed E-state index contributed by atoms with van der Waals surface area (Å²) in [6, 6.07) is 6.03. The summed E-state index contributed by atoms with van der Waals surface area (Å²) >= 11 is 5.89. The number of aryl methyl sites for hydroxylation is 1. The Morgan fingerprint density at radius 3 is 2.63 bits per heavy atom. The van der Waals surface area contributed by atoms with Crippen LogP contribution in [0, 0.1) is 5.41 Å². The molecule has 0 saturated carbocycles. The molecular weight excluding hydrogens is 260 g/mol. The highest BCUT2D eigenvalue weighted by Gasteiger charge is 2.17. The Morgan fingerprint density at radius 2 is 2.05 bits per heavy atom. The molecule has 0 amide bonds. The van der Waals surface area contributed by atoms with Crippen LogP contribution in [0.15, 0.2) is 18.2 Å². The Balaban J connectivity index is 2.53. The predicted molar refractivity (Wildman–Crippen MR) is 80.2 cm³/mol. The zero-order valence-electron chi connectivity index (χ0n) is 12.0. The topological polar surface area (TPSA) is 27.1 Å². The Bertz CT molecular complexity index is 569. The number of imidazole rings is 1. The number of fused-ring (bicyclic) bond motifs is 1. The lowest BCUT2D eigenvalue weighted by Crippen LogP contribution is -2.17. The number of nitrogens with zero attached hydrogens (tertiary/aromatic N) is 2. The smallest absolute Gasteiger partial charge is 0.121 e. The van der Waals surface area contributed by atoms with Crippen molar-refractivity contribution in [1.82, 2.24) is 9.55 Å². The predicted octanol–water partition coefficient (Wildman–Crippen LogP) is 3.87. The minimum atomic E-state index is 0.203. The lowest BCUT2D eigenvalue weighted by Gasteiger charge is -2.21. The summed E-state index contributed by atoms with van der Waals surface area (Å²) in [5, 5.41) is 0. The molecule has 0 radical (unpaired) electrons. The van der Waals surface area contributed by atoms with Crippen LogP contribution in [0.2, 0.25) is 0 Å². The molecule has 0 bridgehead atoms. The zero-order valence-corrected chi connectivity index (χ0v) is 12.8. The number of ether oxygens (including phenoxy) is 1. The minimum absolute atomic E-state index is 0.203. The van der Waals surface area contributed by atoms with Crippen LogP contribution in [0.4, 0.5) is 0 Å². The van der Waals surface area contributed by atoms with E-state index >= 15 is 0 Å². The summed E-state index contributed by atoms with van der Waals surface area (Å²) in [6.07, 6.45) is 0.786. The third-order valence-electron chi connectivity index (χ3n) is 2.99. The Morgan fingerprint density at radius 1 is 1.32 bits per heavy atom. The van der Waals surface area contributed by atoms with Gasteiger partial charge in [-0.25, -0.2) is 4.98 Å². The van der Waals surface area contributed by atoms with Crippen LogP contribution in [-0.4, -0.2) is 22.5 Å². The van der Waals surface area contributed by atoms with Gasteiger partial charge in [0.25, 0.3) is 0 Å². The molecule has 0 saturated heterocycles. The fourth-order valence-electron chi connectivity index (χ4n) is 2.21. The van der Waals surface area contributed by atoms with Crippen molar-refractivity contribution in [2.45, 2.75) is 33.7 Å². The number of rotatable bonds is 4. The van der Waals surface area contributed by atoms with Crippen LogP contribution in [0.1, 0.15) is 26.6 Å². The standard InChI is InChI=1S/C15H21ClN2O/c1-15(2,3)10-18-13-6-5-11(19-4)9-12(13)17-14(18)7-8-16/h5-6,9H,7-8,10H2,1-4H3. The van der Waals surface area contributed by atoms with Crippen molar-refractivity contribution in [2.75, 3.05) is 13.0 Å². The maximum atomic E-state index is 5.89. The molecule has 0 aliphatic heterocycles. The van der Waals surface area contributed by atoms with E-state index in [0.717, 1.165) is 35.6 Å². The summed E-state index contributed by atoms with van der Waals surface area (Å²) < 4.78 is 7.53. The third-order valence-corrected chi connectivity index (χ3v) is 3.17. The number of hydrogen-bond acceptors (Lipinski definition) is 2. The number of alkyl halides is 1. The lowest BCUT2D eigenvalue weighted by atomic mass is 9.96. The van der Waals surface area contributed by atoms with Gasteiger partial charge in [0.2, 0.25) is 0 Å². The van der Waals surface area contributed by atoms with Crippen molar-refractivity contribution in [2.24, 2.45) is 5.41 Å². The van der Waals surface area contributed by atoms with E-state index in [1.54, 1.807) is 7.11 Å². The summed E-state index contributed by atoms with van der Waals surface area (Å²) in [5.74, 6) is 2.48. The van der Waals surface area contributed by atoms with Crippen LogP contribution in [0.25, 0.3) is 11.0 Å². The van der Waals surface area contributed by atoms with Crippen LogP contribution in [0.3, 0.4) is 0 Å². The van der Waals surface area contributed by atoms with Gasteiger partial charge in [0.15, 0.2) is 0 Å². The first-order valence-electron chi connectivity index (χ1n) is 6.54. The molecule has 0 aliphatic carbocycles. The molecule has 19 heavy (non-hydrogen) atoms. The van der Waals surface area contributed by atoms with Gasteiger partial charge in [0.1, 0.15) is 11.6 Å². The van der Waals surface area contributed by atoms with Gasteiger partial charge in [-0.05, 0) is 17.5 Å². The average molecular weight is 281 g/mol. The highest BCUT2D eigenvalue weighted by atomic mass is 35.5. The second-order valence-corrected chi connectivity index (χ2v) is 6.35. The quantitative estimate of drug-likeness (QED) is 0.795. The number of aromatic nitrogens is 2. The SMILES string of the molecule is COc1ccc2c(c1)nc(CCCl)n2CC(C)(C)C. The van der Waals surface area contributed by atoms with Gasteiger partial charge in [0, 0.05) is 24.9 Å². The fourth-order valence-corrected chi connectivity index (χ4v) is 2.38. The van der Waals surface area contributed by atoms with E-state index in [-0.39, 0.29) is 5.41 Å². The van der Waals surface area contributed by atoms with Crippen molar-refractivity contribution in [3.05, 3.63) is 24.0 Å². The van der Waals surface area contributed by atoms with Gasteiger partial charge in [-0.3, -0.25) is 0 Å². The second kappa shape index (κ2) is 5.41. The van der Waals surface area contributed by atoms with Gasteiger partial charge in [0.05, 0.1) is 18.1 Å². The fraction of sp³-hybridized carbons (Fsp3) is 0.533. The monoisotopic (exact) mass is 280 g/mol. The van der Waals surface area contributed by atoms with E-state index in [9.17, 15) is 0 Å². The van der Waals surface area contributed by atoms with E-state index < -0.39 is 0 Å². The number of benzene rings is 1. The summed E-state index contributed by atoms with van der Waals surface area (Å²) in [7, 11) is 1.67. The van der Waals surface area contributed by atoms with Crippen molar-refractivity contribution in [3.63, 3.8) is 0 Å². The Hall–Kier alpha value is -1.22. The number of methoxy groups -OCH3 is 1. The highest BCUT2D eigenvalue weighted by molar-refractivity contribution is 6.17. The maximum Gasteiger partial charge on any atom is 0.121 e. The molecule has 1 heterocycles. The van der Waals surface area contributed by atoms with Crippen LogP contribution in [0.5, 0.6) is 5.75 Å². The van der Waals surface area contributed by atoms with Crippen molar-refractivity contribution in [3.8, 4) is 5.75 Å². The van der Waals surface area contributed by atoms with Crippen molar-refractivity contribution < 1.29 is 4.74 Å². The second-order valence-electron chi connectivity index (χ2n) is 5.97. The van der Waals surface area contributed by atoms with Crippen LogP contribution in [-0.2, 0) is 13.0 Å². The first kappa shape index (κ1) is 14.2. The maximum absolute atomic E-state index is 5.89. The Labute approximate surface area is 119 Å². The first-order valence-corrected chi connectivity index (χ1v) is 7.07. The van der Waals surface area contributed by atoms with E-state index in [0.29, 0.717) is 5.88 Å². The van der Waals surface area contributed by atoms with Gasteiger partial charge in [-0.2, -0.15) is 0 Å². The molecule has 0 aliphatic rings. The van der Waals surface area contributed by atoms with Crippen molar-refractivity contribution in [1.29, 1.82) is 0 Å². The molecule has 0 N–H and O–H groups in total. The Kier molecular flexibility index (Phi) is 4.04. The summed E-state index contributed by atoms with van der Waals surface area (Å²) in [4.78, 5) is 4.69. The first-order chi connectivity index (χ1) is 8.94. The molecule has 0 fully saturated rings. The van der Waals surface area contributed by atoms with E-state index in [1.165, 1.54) is 0 Å². The van der Waals surface area contributed by atoms with Gasteiger partial charge in [-0.1, -0.05) is 20.8 Å². The van der Waals surface area contributed by atoms with Gasteiger partial charge >= 0.3 is 0 Å². The summed E-state index contributed by atoms with van der Waals surface area (Å²) in [6.45, 7) is 7.62. The number of halogens is 1. The lowest BCUT2D eigenvalue weighted by molar-refractivity contribution is 0.343. The largest absolute Gasteiger partial charge is 0.497 e. The highest BCUT2D eigenvalue weighted by Crippen LogP contribution is 2.26. The van der Waals surface area contributed by atoms with E-state index in [1.807, 2.05) is 12.1 Å². The molecule has 4 heteroatoms.